The largest absolute Gasteiger partial charge is 0.300 e. The molecule has 4 nitrogen and oxygen atoms in total. The molecule has 0 amide bonds. The lowest BCUT2D eigenvalue weighted by atomic mass is 9.98. The average Bonchev–Trinajstić information content (AvgIpc) is 2.93. The molecule has 0 aliphatic rings. The van der Waals surface area contributed by atoms with Crippen LogP contribution in [0.1, 0.15) is 17.0 Å². The Morgan fingerprint density at radius 2 is 1.80 bits per heavy atom. The van der Waals surface area contributed by atoms with Crippen LogP contribution in [0.3, 0.4) is 0 Å². The minimum absolute atomic E-state index is 0.969. The highest BCUT2D eigenvalue weighted by Gasteiger charge is 2.19. The second-order valence-corrected chi connectivity index (χ2v) is 6.48. The van der Waals surface area contributed by atoms with Crippen molar-refractivity contribution in [1.82, 2.24) is 14.8 Å². The number of hydrogen-bond donors (Lipinski definition) is 0. The van der Waals surface area contributed by atoms with Crippen molar-refractivity contribution in [3.8, 4) is 16.9 Å². The first kappa shape index (κ1) is 15.5. The fraction of sp³-hybridized carbons (Fsp3) is 0.190. The van der Waals surface area contributed by atoms with E-state index in [9.17, 15) is 0 Å². The van der Waals surface area contributed by atoms with Gasteiger partial charge in [-0.1, -0.05) is 23.2 Å². The molecule has 4 aromatic rings. The van der Waals surface area contributed by atoms with Gasteiger partial charge in [-0.3, -0.25) is 4.68 Å². The maximum absolute atomic E-state index is 4.68. The first-order valence-electron chi connectivity index (χ1n) is 8.43. The fourth-order valence-corrected chi connectivity index (χ4v) is 3.50. The minimum Gasteiger partial charge on any atom is -0.267 e. The first-order valence-corrected chi connectivity index (χ1v) is 8.43. The fourth-order valence-electron chi connectivity index (χ4n) is 3.50. The summed E-state index contributed by atoms with van der Waals surface area (Å²) in [7, 11) is 2.01. The monoisotopic (exact) mass is 329 g/mol. The Kier molecular flexibility index (Phi) is 3.61. The third-order valence-corrected chi connectivity index (χ3v) is 4.71. The van der Waals surface area contributed by atoms with E-state index in [1.165, 1.54) is 22.1 Å². The van der Waals surface area contributed by atoms with Crippen molar-refractivity contribution in [1.29, 1.82) is 0 Å². The van der Waals surface area contributed by atoms with Gasteiger partial charge in [-0.15, -0.1) is 0 Å². The third-order valence-electron chi connectivity index (χ3n) is 4.71. The summed E-state index contributed by atoms with van der Waals surface area (Å²) in [6.45, 7) is 6.34. The number of hydrogen-bond acceptors (Lipinski definition) is 2. The van der Waals surface area contributed by atoms with E-state index in [4.69, 9.17) is 0 Å². The van der Waals surface area contributed by atoms with Crippen LogP contribution in [0.25, 0.3) is 27.8 Å². The van der Waals surface area contributed by atoms with E-state index < -0.39 is 0 Å². The molecule has 0 saturated heterocycles. The number of benzene rings is 2. The lowest BCUT2D eigenvalue weighted by molar-refractivity contribution is -0.606. The van der Waals surface area contributed by atoms with Crippen LogP contribution in [-0.4, -0.2) is 14.8 Å². The van der Waals surface area contributed by atoms with Crippen LogP contribution >= 0.6 is 0 Å². The number of nitrogens with zero attached hydrogens (tertiary/aromatic N) is 4. The van der Waals surface area contributed by atoms with E-state index in [2.05, 4.69) is 65.0 Å². The van der Waals surface area contributed by atoms with Gasteiger partial charge in [0.05, 0.1) is 11.2 Å². The molecule has 4 rings (SSSR count). The zero-order valence-electron chi connectivity index (χ0n) is 15.0. The first-order chi connectivity index (χ1) is 12.1. The molecule has 2 aromatic carbocycles. The summed E-state index contributed by atoms with van der Waals surface area (Å²) in [5.74, 6) is 0.969. The van der Waals surface area contributed by atoms with Crippen LogP contribution in [-0.2, 0) is 7.05 Å². The molecule has 2 heterocycles. The van der Waals surface area contributed by atoms with Crippen LogP contribution in [0.2, 0.25) is 0 Å². The zero-order chi connectivity index (χ0) is 17.6. The Morgan fingerprint density at radius 3 is 2.60 bits per heavy atom. The van der Waals surface area contributed by atoms with Crippen LogP contribution in [0.4, 0.5) is 0 Å². The van der Waals surface area contributed by atoms with Crippen LogP contribution in [0.5, 0.6) is 0 Å². The Labute approximate surface area is 147 Å². The molecule has 0 radical (unpaired) electrons. The van der Waals surface area contributed by atoms with Gasteiger partial charge in [-0.25, -0.2) is 4.57 Å². The smallest absolute Gasteiger partial charge is 0.267 e. The van der Waals surface area contributed by atoms with Gasteiger partial charge in [-0.05, 0) is 37.6 Å². The molecule has 2 aromatic heterocycles. The summed E-state index contributed by atoms with van der Waals surface area (Å²) in [6.07, 6.45) is 3.89. The number of rotatable bonds is 2. The Bertz CT molecular complexity index is 1090. The maximum atomic E-state index is 4.68. The van der Waals surface area contributed by atoms with Crippen molar-refractivity contribution in [3.05, 3.63) is 71.8 Å². The molecule has 0 N–H and O–H groups in total. The molecular formula is C21H21N4+. The van der Waals surface area contributed by atoms with E-state index >= 15 is 0 Å². The van der Waals surface area contributed by atoms with E-state index in [1.807, 2.05) is 37.0 Å². The van der Waals surface area contributed by atoms with Gasteiger partial charge in [0.1, 0.15) is 18.1 Å². The predicted molar refractivity (Wildman–Crippen MR) is 99.7 cm³/mol. The molecule has 0 fully saturated rings. The molecule has 0 spiro atoms. The van der Waals surface area contributed by atoms with Crippen molar-refractivity contribution in [2.45, 2.75) is 20.8 Å². The summed E-state index contributed by atoms with van der Waals surface area (Å²) in [6, 6.07) is 14.7. The zero-order valence-corrected chi connectivity index (χ0v) is 15.0. The average molecular weight is 329 g/mol. The SMILES string of the molecule is Cc1cc(-c2c3ccccc3nn2C)c(C)c(-[n+]2cccnc2C)c1. The highest BCUT2D eigenvalue weighted by molar-refractivity contribution is 5.94. The van der Waals surface area contributed by atoms with Gasteiger partial charge in [-0.2, -0.15) is 5.10 Å². The van der Waals surface area contributed by atoms with E-state index in [0.29, 0.717) is 0 Å². The van der Waals surface area contributed by atoms with Gasteiger partial charge >= 0.3 is 0 Å². The van der Waals surface area contributed by atoms with Crippen LogP contribution < -0.4 is 4.57 Å². The van der Waals surface area contributed by atoms with Gasteiger partial charge < -0.3 is 0 Å². The molecule has 0 atom stereocenters. The van der Waals surface area contributed by atoms with Crippen molar-refractivity contribution in [3.63, 3.8) is 0 Å². The maximum Gasteiger partial charge on any atom is 0.300 e. The normalized spacial score (nSPS) is 11.2. The van der Waals surface area contributed by atoms with Gasteiger partial charge in [0.15, 0.2) is 0 Å². The summed E-state index contributed by atoms with van der Waals surface area (Å²) in [5.41, 5.74) is 6.98. The Hall–Kier alpha value is -3.01. The van der Waals surface area contributed by atoms with Crippen molar-refractivity contribution < 1.29 is 4.57 Å². The number of fused-ring (bicyclic) bond motifs is 1. The molecule has 124 valence electrons. The minimum atomic E-state index is 0.969. The molecule has 0 aliphatic carbocycles. The lowest BCUT2D eigenvalue weighted by Crippen LogP contribution is -2.35. The van der Waals surface area contributed by atoms with E-state index in [0.717, 1.165) is 22.7 Å². The topological polar surface area (TPSA) is 34.6 Å². The molecule has 0 aliphatic heterocycles. The van der Waals surface area contributed by atoms with Crippen molar-refractivity contribution in [2.75, 3.05) is 0 Å². The second-order valence-electron chi connectivity index (χ2n) is 6.48. The summed E-state index contributed by atoms with van der Waals surface area (Å²) < 4.78 is 4.13. The standard InChI is InChI=1S/C21H21N4/c1-14-12-18(21-17-8-5-6-9-19(17)23-24(21)4)15(2)20(13-14)25-11-7-10-22-16(25)3/h5-13H,1-4H3/q+1. The summed E-state index contributed by atoms with van der Waals surface area (Å²) in [4.78, 5) is 4.43. The molecule has 0 bridgehead atoms. The predicted octanol–water partition coefficient (Wildman–Crippen LogP) is 3.84. The quantitative estimate of drug-likeness (QED) is 0.524. The third kappa shape index (κ3) is 2.50. The highest BCUT2D eigenvalue weighted by atomic mass is 15.3. The molecule has 4 heteroatoms. The summed E-state index contributed by atoms with van der Waals surface area (Å²) >= 11 is 0. The van der Waals surface area contributed by atoms with Crippen molar-refractivity contribution in [2.24, 2.45) is 7.05 Å². The number of aromatic nitrogens is 4. The van der Waals surface area contributed by atoms with Crippen LogP contribution in [0.15, 0.2) is 54.9 Å². The van der Waals surface area contributed by atoms with E-state index in [-0.39, 0.29) is 0 Å². The van der Waals surface area contributed by atoms with E-state index in [1.54, 1.807) is 0 Å². The van der Waals surface area contributed by atoms with Gasteiger partial charge in [0.2, 0.25) is 0 Å². The lowest BCUT2D eigenvalue weighted by Gasteiger charge is -2.13. The summed E-state index contributed by atoms with van der Waals surface area (Å²) in [5, 5.41) is 5.86. The van der Waals surface area contributed by atoms with Gasteiger partial charge in [0.25, 0.3) is 5.82 Å². The molecule has 0 saturated carbocycles. The number of aryl methyl sites for hydroxylation is 3. The molecular weight excluding hydrogens is 308 g/mol. The molecule has 25 heavy (non-hydrogen) atoms. The molecule has 0 unspecified atom stereocenters. The Morgan fingerprint density at radius 1 is 1.00 bits per heavy atom. The second kappa shape index (κ2) is 5.81. The van der Waals surface area contributed by atoms with Crippen LogP contribution in [0, 0.1) is 20.8 Å². The highest BCUT2D eigenvalue weighted by Crippen LogP contribution is 2.32. The van der Waals surface area contributed by atoms with Crippen molar-refractivity contribution >= 4 is 10.9 Å². The Balaban J connectivity index is 2.04. The van der Waals surface area contributed by atoms with Gasteiger partial charge in [0, 0.05) is 36.6 Å².